The summed E-state index contributed by atoms with van der Waals surface area (Å²) in [4.78, 5) is 2.21. The van der Waals surface area contributed by atoms with Crippen molar-refractivity contribution < 1.29 is 4.63 Å². The van der Waals surface area contributed by atoms with E-state index in [1.165, 1.54) is 10.5 Å². The number of rotatable bonds is 3. The number of benzene rings is 2. The molecule has 0 aliphatic carbocycles. The highest BCUT2D eigenvalue weighted by Crippen LogP contribution is 2.34. The lowest BCUT2D eigenvalue weighted by molar-refractivity contribution is 0.315. The monoisotopic (exact) mass is 271 g/mol. The van der Waals surface area contributed by atoms with Crippen molar-refractivity contribution in [3.63, 3.8) is 0 Å². The van der Waals surface area contributed by atoms with Crippen LogP contribution < -0.4 is 5.32 Å². The summed E-state index contributed by atoms with van der Waals surface area (Å²) in [5, 5.41) is 11.0. The SMILES string of the molecule is CNc1ccc(Sc2ccc(C)cc2)c2nonc12. The van der Waals surface area contributed by atoms with Crippen LogP contribution in [0.15, 0.2) is 50.8 Å². The van der Waals surface area contributed by atoms with Gasteiger partial charge in [-0.2, -0.15) is 0 Å². The summed E-state index contributed by atoms with van der Waals surface area (Å²) >= 11 is 1.66. The van der Waals surface area contributed by atoms with Crippen LogP contribution in [0.2, 0.25) is 0 Å². The van der Waals surface area contributed by atoms with Gasteiger partial charge in [-0.1, -0.05) is 29.5 Å². The van der Waals surface area contributed by atoms with Crippen LogP contribution >= 0.6 is 11.8 Å². The smallest absolute Gasteiger partial charge is 0.159 e. The third kappa shape index (κ3) is 2.29. The van der Waals surface area contributed by atoms with Crippen LogP contribution in [-0.2, 0) is 0 Å². The van der Waals surface area contributed by atoms with Gasteiger partial charge in [-0.3, -0.25) is 0 Å². The molecule has 3 aromatic rings. The van der Waals surface area contributed by atoms with E-state index in [2.05, 4.69) is 46.8 Å². The lowest BCUT2D eigenvalue weighted by atomic mass is 10.2. The van der Waals surface area contributed by atoms with Gasteiger partial charge in [0.05, 0.1) is 5.69 Å². The molecule has 2 aromatic carbocycles. The van der Waals surface area contributed by atoms with Crippen molar-refractivity contribution in [1.82, 2.24) is 10.3 Å². The topological polar surface area (TPSA) is 51.0 Å². The van der Waals surface area contributed by atoms with E-state index in [0.717, 1.165) is 21.6 Å². The highest BCUT2D eigenvalue weighted by Gasteiger charge is 2.11. The first-order chi connectivity index (χ1) is 9.28. The van der Waals surface area contributed by atoms with E-state index in [4.69, 9.17) is 4.63 Å². The molecule has 0 unspecified atom stereocenters. The number of nitrogens with zero attached hydrogens (tertiary/aromatic N) is 2. The average molecular weight is 271 g/mol. The zero-order chi connectivity index (χ0) is 13.2. The highest BCUT2D eigenvalue weighted by molar-refractivity contribution is 7.99. The van der Waals surface area contributed by atoms with Crippen LogP contribution in [-0.4, -0.2) is 17.4 Å². The van der Waals surface area contributed by atoms with E-state index in [-0.39, 0.29) is 0 Å². The minimum absolute atomic E-state index is 0.764. The molecule has 1 aromatic heterocycles. The molecule has 0 bridgehead atoms. The summed E-state index contributed by atoms with van der Waals surface area (Å²) in [7, 11) is 1.86. The molecular formula is C14H13N3OS. The Morgan fingerprint density at radius 2 is 1.74 bits per heavy atom. The number of hydrogen-bond donors (Lipinski definition) is 1. The summed E-state index contributed by atoms with van der Waals surface area (Å²) < 4.78 is 4.85. The molecule has 19 heavy (non-hydrogen) atoms. The second-order valence-corrected chi connectivity index (χ2v) is 5.35. The van der Waals surface area contributed by atoms with Crippen molar-refractivity contribution in [3.05, 3.63) is 42.0 Å². The van der Waals surface area contributed by atoms with E-state index >= 15 is 0 Å². The van der Waals surface area contributed by atoms with Crippen molar-refractivity contribution in [2.75, 3.05) is 12.4 Å². The number of fused-ring (bicyclic) bond motifs is 1. The van der Waals surface area contributed by atoms with Crippen LogP contribution in [0.3, 0.4) is 0 Å². The fourth-order valence-corrected chi connectivity index (χ4v) is 2.75. The molecule has 0 aliphatic heterocycles. The van der Waals surface area contributed by atoms with Crippen LogP contribution in [0.4, 0.5) is 5.69 Å². The van der Waals surface area contributed by atoms with E-state index < -0.39 is 0 Å². The molecular weight excluding hydrogens is 258 g/mol. The number of aryl methyl sites for hydroxylation is 1. The van der Waals surface area contributed by atoms with Gasteiger partial charge in [0.2, 0.25) is 0 Å². The van der Waals surface area contributed by atoms with Gasteiger partial charge in [0.1, 0.15) is 0 Å². The zero-order valence-corrected chi connectivity index (χ0v) is 11.5. The van der Waals surface area contributed by atoms with E-state index in [1.807, 2.05) is 19.2 Å². The molecule has 0 atom stereocenters. The summed E-state index contributed by atoms with van der Waals surface area (Å²) in [6.45, 7) is 2.08. The fourth-order valence-electron chi connectivity index (χ4n) is 1.86. The van der Waals surface area contributed by atoms with Crippen molar-refractivity contribution >= 4 is 28.5 Å². The molecule has 4 nitrogen and oxygen atoms in total. The van der Waals surface area contributed by atoms with Gasteiger partial charge >= 0.3 is 0 Å². The normalized spacial score (nSPS) is 10.8. The highest BCUT2D eigenvalue weighted by atomic mass is 32.2. The van der Waals surface area contributed by atoms with Gasteiger partial charge in [-0.25, -0.2) is 4.63 Å². The second kappa shape index (κ2) is 4.93. The average Bonchev–Trinajstić information content (AvgIpc) is 2.91. The van der Waals surface area contributed by atoms with Crippen molar-refractivity contribution in [2.24, 2.45) is 0 Å². The van der Waals surface area contributed by atoms with Crippen molar-refractivity contribution in [3.8, 4) is 0 Å². The minimum Gasteiger partial charge on any atom is -0.386 e. The first-order valence-corrected chi connectivity index (χ1v) is 6.77. The third-order valence-corrected chi connectivity index (χ3v) is 3.95. The number of aromatic nitrogens is 2. The Morgan fingerprint density at radius 3 is 2.47 bits per heavy atom. The molecule has 1 N–H and O–H groups in total. The van der Waals surface area contributed by atoms with Gasteiger partial charge in [-0.05, 0) is 41.5 Å². The summed E-state index contributed by atoms with van der Waals surface area (Å²) in [5.41, 5.74) is 3.73. The van der Waals surface area contributed by atoms with Gasteiger partial charge in [-0.15, -0.1) is 0 Å². The Hall–Kier alpha value is -2.01. The minimum atomic E-state index is 0.764. The quantitative estimate of drug-likeness (QED) is 0.786. The lowest BCUT2D eigenvalue weighted by Crippen LogP contribution is -1.90. The molecule has 0 fully saturated rings. The van der Waals surface area contributed by atoms with Gasteiger partial charge < -0.3 is 5.32 Å². The van der Waals surface area contributed by atoms with E-state index in [9.17, 15) is 0 Å². The molecule has 0 saturated heterocycles. The zero-order valence-electron chi connectivity index (χ0n) is 10.7. The van der Waals surface area contributed by atoms with Gasteiger partial charge in [0.25, 0.3) is 0 Å². The van der Waals surface area contributed by atoms with Gasteiger partial charge in [0.15, 0.2) is 11.0 Å². The molecule has 0 amide bonds. The Kier molecular flexibility index (Phi) is 3.13. The van der Waals surface area contributed by atoms with E-state index in [0.29, 0.717) is 0 Å². The molecule has 0 saturated carbocycles. The maximum Gasteiger partial charge on any atom is 0.159 e. The first kappa shape index (κ1) is 12.0. The van der Waals surface area contributed by atoms with Crippen LogP contribution in [0, 0.1) is 6.92 Å². The van der Waals surface area contributed by atoms with Crippen LogP contribution in [0.5, 0.6) is 0 Å². The Bertz CT molecular complexity index is 706. The maximum absolute atomic E-state index is 4.85. The first-order valence-electron chi connectivity index (χ1n) is 5.95. The lowest BCUT2D eigenvalue weighted by Gasteiger charge is -2.05. The van der Waals surface area contributed by atoms with Crippen molar-refractivity contribution in [1.29, 1.82) is 0 Å². The molecule has 0 radical (unpaired) electrons. The fraction of sp³-hybridized carbons (Fsp3) is 0.143. The Morgan fingerprint density at radius 1 is 1.00 bits per heavy atom. The Labute approximate surface area is 115 Å². The molecule has 5 heteroatoms. The molecule has 3 rings (SSSR count). The second-order valence-electron chi connectivity index (χ2n) is 4.24. The van der Waals surface area contributed by atoms with Gasteiger partial charge in [0, 0.05) is 16.8 Å². The maximum atomic E-state index is 4.85. The standard InChI is InChI=1S/C14H13N3OS/c1-9-3-5-10(6-4-9)19-12-8-7-11(15-2)13-14(12)17-18-16-13/h3-8,15H,1-2H3. The number of anilines is 1. The molecule has 1 heterocycles. The Balaban J connectivity index is 2.01. The predicted octanol–water partition coefficient (Wildman–Crippen LogP) is 3.72. The van der Waals surface area contributed by atoms with Crippen LogP contribution in [0.1, 0.15) is 5.56 Å². The van der Waals surface area contributed by atoms with Crippen molar-refractivity contribution in [2.45, 2.75) is 16.7 Å². The van der Waals surface area contributed by atoms with E-state index in [1.54, 1.807) is 11.8 Å². The largest absolute Gasteiger partial charge is 0.386 e. The third-order valence-electron chi connectivity index (χ3n) is 2.90. The van der Waals surface area contributed by atoms with Crippen LogP contribution in [0.25, 0.3) is 11.0 Å². The molecule has 0 aliphatic rings. The molecule has 0 spiro atoms. The number of hydrogen-bond acceptors (Lipinski definition) is 5. The summed E-state index contributed by atoms with van der Waals surface area (Å²) in [6.07, 6.45) is 0. The number of nitrogens with one attached hydrogen (secondary N) is 1. The predicted molar refractivity (Wildman–Crippen MR) is 76.7 cm³/mol. The molecule has 96 valence electrons. The summed E-state index contributed by atoms with van der Waals surface area (Å²) in [6, 6.07) is 12.4. The summed E-state index contributed by atoms with van der Waals surface area (Å²) in [5.74, 6) is 0.